The summed E-state index contributed by atoms with van der Waals surface area (Å²) in [7, 11) is 0. The van der Waals surface area contributed by atoms with Crippen molar-refractivity contribution in [1.82, 2.24) is 0 Å². The molecule has 0 saturated heterocycles. The van der Waals surface area contributed by atoms with Gasteiger partial charge in [0.05, 0.1) is 9.85 Å². The van der Waals surface area contributed by atoms with E-state index in [9.17, 15) is 29.8 Å². The summed E-state index contributed by atoms with van der Waals surface area (Å²) in [5.74, 6) is 0. The van der Waals surface area contributed by atoms with Gasteiger partial charge in [0, 0.05) is 49.4 Å². The highest BCUT2D eigenvalue weighted by Crippen LogP contribution is 2.31. The molecule has 4 rings (SSSR count). The molecule has 0 aromatic heterocycles. The van der Waals surface area contributed by atoms with E-state index in [1.165, 1.54) is 12.1 Å². The molecule has 10 nitrogen and oxygen atoms in total. The molecule has 156 valence electrons. The number of ether oxygens (including phenoxy) is 2. The number of fused-ring (bicyclic) bond motifs is 2. The molecule has 30 heavy (non-hydrogen) atoms. The van der Waals surface area contributed by atoms with Gasteiger partial charge in [0.15, 0.2) is 0 Å². The number of non-ortho nitro benzene ring substituents is 1. The van der Waals surface area contributed by atoms with Gasteiger partial charge in [0.2, 0.25) is 0 Å². The molecule has 0 amide bonds. The number of carbonyl (C=O) groups is 2. The Morgan fingerprint density at radius 3 is 2.07 bits per heavy atom. The van der Waals surface area contributed by atoms with Gasteiger partial charge in [-0.25, -0.2) is 0 Å². The predicted molar refractivity (Wildman–Crippen MR) is 103 cm³/mol. The van der Waals surface area contributed by atoms with Crippen LogP contribution in [0, 0.1) is 20.2 Å². The monoisotopic (exact) mass is 414 g/mol. The molecule has 0 heterocycles. The van der Waals surface area contributed by atoms with Crippen molar-refractivity contribution >= 4 is 24.3 Å². The molecule has 2 aliphatic carbocycles. The number of carbonyl (C=O) groups excluding carboxylic acids is 2. The second-order valence-corrected chi connectivity index (χ2v) is 6.91. The molecule has 0 fully saturated rings. The summed E-state index contributed by atoms with van der Waals surface area (Å²) in [6.45, 7) is 0.813. The Kier molecular flexibility index (Phi) is 6.35. The van der Waals surface area contributed by atoms with E-state index < -0.39 is 9.85 Å². The lowest BCUT2D eigenvalue weighted by Gasteiger charge is -2.04. The third-order valence-electron chi connectivity index (χ3n) is 5.12. The smallest absolute Gasteiger partial charge is 0.293 e. The molecule has 2 aromatic rings. The summed E-state index contributed by atoms with van der Waals surface area (Å²) >= 11 is 0. The van der Waals surface area contributed by atoms with Gasteiger partial charge in [-0.2, -0.15) is 0 Å². The molecule has 0 spiro atoms. The average molecular weight is 414 g/mol. The molecule has 0 saturated carbocycles. The minimum atomic E-state index is -0.422. The van der Waals surface area contributed by atoms with Gasteiger partial charge in [0.25, 0.3) is 24.3 Å². The summed E-state index contributed by atoms with van der Waals surface area (Å²) in [6, 6.07) is 9.70. The second-order valence-electron chi connectivity index (χ2n) is 6.91. The van der Waals surface area contributed by atoms with Gasteiger partial charge in [-0.05, 0) is 16.7 Å². The molecule has 2 atom stereocenters. The van der Waals surface area contributed by atoms with Crippen molar-refractivity contribution in [3.8, 4) is 0 Å². The van der Waals surface area contributed by atoms with Gasteiger partial charge in [-0.3, -0.25) is 29.8 Å². The van der Waals surface area contributed by atoms with Gasteiger partial charge >= 0.3 is 0 Å². The molecular formula is C20H18N2O8. The maximum atomic E-state index is 10.7. The Balaban J connectivity index is 0.000000171. The van der Waals surface area contributed by atoms with Crippen LogP contribution in [-0.4, -0.2) is 35.0 Å². The largest absolute Gasteiger partial charge is 0.464 e. The number of nitro groups is 2. The van der Waals surface area contributed by atoms with Crippen molar-refractivity contribution in [2.75, 3.05) is 0 Å². The summed E-state index contributed by atoms with van der Waals surface area (Å²) in [4.78, 5) is 40.8. The van der Waals surface area contributed by atoms with E-state index in [0.29, 0.717) is 44.2 Å². The molecule has 0 aliphatic heterocycles. The lowest BCUT2D eigenvalue weighted by Crippen LogP contribution is -2.11. The molecule has 0 bridgehead atoms. The van der Waals surface area contributed by atoms with Crippen LogP contribution in [0.3, 0.4) is 0 Å². The zero-order valence-electron chi connectivity index (χ0n) is 15.8. The fraction of sp³-hybridized carbons (Fsp3) is 0.300. The SMILES string of the molecule is O=COC1Cc2ccc([N+](=O)[O-])cc2C1.O=COC1Cc2cccc([N+](=O)[O-])c2C1. The number of benzene rings is 2. The molecule has 2 unspecified atom stereocenters. The number of nitro benzene ring substituents is 2. The summed E-state index contributed by atoms with van der Waals surface area (Å²) in [5.41, 5.74) is 3.71. The van der Waals surface area contributed by atoms with E-state index in [-0.39, 0.29) is 23.6 Å². The van der Waals surface area contributed by atoms with Crippen molar-refractivity contribution < 1.29 is 28.9 Å². The van der Waals surface area contributed by atoms with Gasteiger partial charge in [-0.1, -0.05) is 18.2 Å². The first kappa shape index (κ1) is 20.9. The summed E-state index contributed by atoms with van der Waals surface area (Å²) < 4.78 is 9.65. The van der Waals surface area contributed by atoms with Gasteiger partial charge < -0.3 is 9.47 Å². The van der Waals surface area contributed by atoms with Crippen LogP contribution in [-0.2, 0) is 44.7 Å². The fourth-order valence-electron chi connectivity index (χ4n) is 3.79. The van der Waals surface area contributed by atoms with E-state index in [1.807, 2.05) is 6.07 Å². The van der Waals surface area contributed by atoms with E-state index in [0.717, 1.165) is 16.7 Å². The highest BCUT2D eigenvalue weighted by Gasteiger charge is 2.29. The Morgan fingerprint density at radius 2 is 1.43 bits per heavy atom. The van der Waals surface area contributed by atoms with Crippen LogP contribution < -0.4 is 0 Å². The fourth-order valence-corrected chi connectivity index (χ4v) is 3.79. The molecular weight excluding hydrogens is 396 g/mol. The highest BCUT2D eigenvalue weighted by atomic mass is 16.6. The molecule has 2 aromatic carbocycles. The van der Waals surface area contributed by atoms with Crippen LogP contribution in [0.25, 0.3) is 0 Å². The molecule has 2 aliphatic rings. The Bertz CT molecular complexity index is 991. The first-order valence-electron chi connectivity index (χ1n) is 9.12. The van der Waals surface area contributed by atoms with E-state index in [2.05, 4.69) is 0 Å². The predicted octanol–water partition coefficient (Wildman–Crippen LogP) is 2.47. The number of hydrogen-bond acceptors (Lipinski definition) is 8. The van der Waals surface area contributed by atoms with Crippen molar-refractivity contribution in [2.45, 2.75) is 37.9 Å². The first-order chi connectivity index (χ1) is 14.4. The number of nitrogens with zero attached hydrogens (tertiary/aromatic N) is 2. The summed E-state index contributed by atoms with van der Waals surface area (Å²) in [5, 5.41) is 21.2. The standard InChI is InChI=1S/2C10H9NO4/c12-6-15-10-4-7-1-2-9(11(13)14)3-8(7)5-10;12-6-15-8-4-7-2-1-3-10(11(13)14)9(7)5-8/h1-3,6,10H,4-5H2;1-3,6,8H,4-5H2. The van der Waals surface area contributed by atoms with Crippen molar-refractivity contribution in [3.63, 3.8) is 0 Å². The van der Waals surface area contributed by atoms with Crippen LogP contribution in [0.1, 0.15) is 22.3 Å². The maximum absolute atomic E-state index is 10.7. The lowest BCUT2D eigenvalue weighted by molar-refractivity contribution is -0.385. The van der Waals surface area contributed by atoms with E-state index in [1.54, 1.807) is 18.2 Å². The van der Waals surface area contributed by atoms with Gasteiger partial charge in [-0.15, -0.1) is 0 Å². The van der Waals surface area contributed by atoms with Crippen LogP contribution >= 0.6 is 0 Å². The quantitative estimate of drug-likeness (QED) is 0.399. The van der Waals surface area contributed by atoms with E-state index >= 15 is 0 Å². The van der Waals surface area contributed by atoms with Gasteiger partial charge in [0.1, 0.15) is 12.2 Å². The molecule has 0 radical (unpaired) electrons. The third-order valence-corrected chi connectivity index (χ3v) is 5.12. The third kappa shape index (κ3) is 4.59. The Labute approximate surface area is 170 Å². The van der Waals surface area contributed by atoms with E-state index in [4.69, 9.17) is 9.47 Å². The molecule has 0 N–H and O–H groups in total. The van der Waals surface area contributed by atoms with Crippen LogP contribution in [0.15, 0.2) is 36.4 Å². The zero-order chi connectivity index (χ0) is 21.7. The zero-order valence-corrected chi connectivity index (χ0v) is 15.8. The maximum Gasteiger partial charge on any atom is 0.293 e. The van der Waals surface area contributed by atoms with Crippen molar-refractivity contribution in [2.24, 2.45) is 0 Å². The topological polar surface area (TPSA) is 139 Å². The Hall–Kier alpha value is -3.82. The number of hydrogen-bond donors (Lipinski definition) is 0. The number of rotatable bonds is 6. The van der Waals surface area contributed by atoms with Crippen molar-refractivity contribution in [3.05, 3.63) is 78.9 Å². The summed E-state index contributed by atoms with van der Waals surface area (Å²) in [6.07, 6.45) is 1.79. The first-order valence-corrected chi connectivity index (χ1v) is 9.12. The minimum absolute atomic E-state index is 0.0838. The molecule has 10 heteroatoms. The average Bonchev–Trinajstić information content (AvgIpc) is 3.30. The van der Waals surface area contributed by atoms with Crippen molar-refractivity contribution in [1.29, 1.82) is 0 Å². The second kappa shape index (κ2) is 9.12. The van der Waals surface area contributed by atoms with Crippen LogP contribution in [0.5, 0.6) is 0 Å². The van der Waals surface area contributed by atoms with Crippen LogP contribution in [0.4, 0.5) is 11.4 Å². The lowest BCUT2D eigenvalue weighted by atomic mass is 10.1. The highest BCUT2D eigenvalue weighted by molar-refractivity contribution is 5.50. The minimum Gasteiger partial charge on any atom is -0.464 e. The Morgan fingerprint density at radius 1 is 0.800 bits per heavy atom. The normalized spacial score (nSPS) is 18.3. The van der Waals surface area contributed by atoms with Crippen LogP contribution in [0.2, 0.25) is 0 Å².